The normalized spacial score (nSPS) is 13.2. The topological polar surface area (TPSA) is 55.4 Å². The third-order valence-electron chi connectivity index (χ3n) is 3.01. The van der Waals surface area contributed by atoms with Gasteiger partial charge in [-0.3, -0.25) is 0 Å². The van der Waals surface area contributed by atoms with E-state index in [9.17, 15) is 8.42 Å². The molecule has 1 aromatic heterocycles. The molecule has 4 nitrogen and oxygen atoms in total. The summed E-state index contributed by atoms with van der Waals surface area (Å²) >= 11 is 1.21. The minimum Gasteiger partial charge on any atom is -0.374 e. The third-order valence-corrected chi connectivity index (χ3v) is 5.87. The monoisotopic (exact) mass is 325 g/mol. The molecule has 0 saturated heterocycles. The Morgan fingerprint density at radius 1 is 1.19 bits per heavy atom. The molecular weight excluding hydrogens is 306 g/mol. The number of benzene rings is 1. The van der Waals surface area contributed by atoms with Gasteiger partial charge in [-0.15, -0.1) is 11.3 Å². The molecule has 0 aliphatic carbocycles. The van der Waals surface area contributed by atoms with Gasteiger partial charge < -0.3 is 4.74 Å². The highest BCUT2D eigenvalue weighted by atomic mass is 32.2. The molecule has 1 N–H and O–H groups in total. The molecule has 6 heteroatoms. The summed E-state index contributed by atoms with van der Waals surface area (Å²) in [6.07, 6.45) is 0.655. The maximum absolute atomic E-state index is 11.9. The Morgan fingerprint density at radius 2 is 1.95 bits per heavy atom. The zero-order chi connectivity index (χ0) is 15.1. The van der Waals surface area contributed by atoms with Crippen LogP contribution in [0, 0.1) is 0 Å². The van der Waals surface area contributed by atoms with Crippen LogP contribution in [0.4, 0.5) is 0 Å². The number of hydrogen-bond acceptors (Lipinski definition) is 4. The van der Waals surface area contributed by atoms with Crippen molar-refractivity contribution in [2.24, 2.45) is 0 Å². The van der Waals surface area contributed by atoms with Gasteiger partial charge in [-0.2, -0.15) is 0 Å². The first kappa shape index (κ1) is 16.2. The van der Waals surface area contributed by atoms with Crippen LogP contribution < -0.4 is 4.72 Å². The molecule has 1 unspecified atom stereocenters. The molecule has 0 bridgehead atoms. The maximum atomic E-state index is 11.9. The van der Waals surface area contributed by atoms with E-state index in [4.69, 9.17) is 4.74 Å². The van der Waals surface area contributed by atoms with Crippen molar-refractivity contribution in [3.05, 3.63) is 53.4 Å². The molecule has 0 radical (unpaired) electrons. The van der Waals surface area contributed by atoms with E-state index < -0.39 is 10.0 Å². The molecule has 0 fully saturated rings. The Bertz CT molecular complexity index is 624. The van der Waals surface area contributed by atoms with Gasteiger partial charge in [0, 0.05) is 13.2 Å². The molecule has 2 aromatic rings. The van der Waals surface area contributed by atoms with Crippen molar-refractivity contribution in [2.45, 2.75) is 23.7 Å². The molecule has 1 atom stereocenters. The summed E-state index contributed by atoms with van der Waals surface area (Å²) < 4.78 is 32.4. The first-order valence-corrected chi connectivity index (χ1v) is 9.15. The number of nitrogens with one attached hydrogen (secondary N) is 1. The molecule has 21 heavy (non-hydrogen) atoms. The zero-order valence-corrected chi connectivity index (χ0v) is 13.5. The van der Waals surface area contributed by atoms with Crippen LogP contribution in [-0.4, -0.2) is 21.6 Å². The second-order valence-corrected chi connectivity index (χ2v) is 7.55. The van der Waals surface area contributed by atoms with Crippen molar-refractivity contribution in [1.82, 2.24) is 4.72 Å². The van der Waals surface area contributed by atoms with Crippen molar-refractivity contribution in [3.8, 4) is 0 Å². The van der Waals surface area contributed by atoms with Crippen LogP contribution in [0.2, 0.25) is 0 Å². The average Bonchev–Trinajstić information content (AvgIpc) is 3.02. The number of thiophene rings is 1. The summed E-state index contributed by atoms with van der Waals surface area (Å²) in [5.41, 5.74) is 1.12. The van der Waals surface area contributed by atoms with Gasteiger partial charge in [-0.1, -0.05) is 36.4 Å². The molecule has 0 amide bonds. The van der Waals surface area contributed by atoms with Crippen LogP contribution in [0.25, 0.3) is 0 Å². The van der Waals surface area contributed by atoms with Gasteiger partial charge in [0.05, 0.1) is 6.10 Å². The molecular formula is C15H19NO3S2. The molecule has 1 aromatic carbocycles. The van der Waals surface area contributed by atoms with Crippen LogP contribution in [-0.2, 0) is 14.8 Å². The van der Waals surface area contributed by atoms with Crippen molar-refractivity contribution in [1.29, 1.82) is 0 Å². The number of sulfonamides is 1. The van der Waals surface area contributed by atoms with Crippen molar-refractivity contribution >= 4 is 21.4 Å². The van der Waals surface area contributed by atoms with Gasteiger partial charge in [0.2, 0.25) is 10.0 Å². The first-order chi connectivity index (χ1) is 10.1. The van der Waals surface area contributed by atoms with Crippen LogP contribution in [0.15, 0.2) is 52.1 Å². The van der Waals surface area contributed by atoms with Gasteiger partial charge in [-0.05, 0) is 30.4 Å². The summed E-state index contributed by atoms with van der Waals surface area (Å²) in [6, 6.07) is 13.3. The second-order valence-electron chi connectivity index (χ2n) is 4.61. The number of hydrogen-bond donors (Lipinski definition) is 1. The van der Waals surface area contributed by atoms with Crippen molar-refractivity contribution < 1.29 is 13.2 Å². The first-order valence-electron chi connectivity index (χ1n) is 6.79. The minimum absolute atomic E-state index is 0.0140. The van der Waals surface area contributed by atoms with Crippen LogP contribution in [0.5, 0.6) is 0 Å². The molecule has 1 heterocycles. The number of rotatable bonds is 8. The van der Waals surface area contributed by atoms with E-state index in [0.717, 1.165) is 5.56 Å². The Labute approximate surface area is 129 Å². The van der Waals surface area contributed by atoms with Crippen molar-refractivity contribution in [3.63, 3.8) is 0 Å². The quantitative estimate of drug-likeness (QED) is 0.758. The van der Waals surface area contributed by atoms with E-state index >= 15 is 0 Å². The lowest BCUT2D eigenvalue weighted by Crippen LogP contribution is -2.25. The largest absolute Gasteiger partial charge is 0.374 e. The Kier molecular flexibility index (Phi) is 5.93. The highest BCUT2D eigenvalue weighted by Crippen LogP contribution is 2.16. The van der Waals surface area contributed by atoms with Gasteiger partial charge >= 0.3 is 0 Å². The lowest BCUT2D eigenvalue weighted by atomic mass is 10.1. The lowest BCUT2D eigenvalue weighted by Gasteiger charge is -2.13. The van der Waals surface area contributed by atoms with Gasteiger partial charge in [0.25, 0.3) is 0 Å². The van der Waals surface area contributed by atoms with E-state index in [1.165, 1.54) is 11.3 Å². The predicted molar refractivity (Wildman–Crippen MR) is 84.9 cm³/mol. The lowest BCUT2D eigenvalue weighted by molar-refractivity contribution is 0.0647. The second kappa shape index (κ2) is 7.70. The Hall–Kier alpha value is -1.21. The smallest absolute Gasteiger partial charge is 0.250 e. The maximum Gasteiger partial charge on any atom is 0.250 e. The fourth-order valence-electron chi connectivity index (χ4n) is 1.85. The minimum atomic E-state index is -3.36. The number of ether oxygens (including phenoxy) is 1. The molecule has 0 saturated carbocycles. The highest BCUT2D eigenvalue weighted by Gasteiger charge is 2.13. The van der Waals surface area contributed by atoms with Crippen LogP contribution >= 0.6 is 11.3 Å². The van der Waals surface area contributed by atoms with E-state index in [1.807, 2.05) is 37.3 Å². The molecule has 0 spiro atoms. The van der Waals surface area contributed by atoms with Gasteiger partial charge in [0.1, 0.15) is 4.21 Å². The fraction of sp³-hybridized carbons (Fsp3) is 0.333. The molecule has 0 aliphatic heterocycles. The van der Waals surface area contributed by atoms with Gasteiger partial charge in [0.15, 0.2) is 0 Å². The summed E-state index contributed by atoms with van der Waals surface area (Å²) in [5, 5.41) is 1.75. The molecule has 2 rings (SSSR count). The van der Waals surface area contributed by atoms with E-state index in [2.05, 4.69) is 4.72 Å². The van der Waals surface area contributed by atoms with Crippen LogP contribution in [0.3, 0.4) is 0 Å². The van der Waals surface area contributed by atoms with E-state index in [-0.39, 0.29) is 6.10 Å². The Balaban J connectivity index is 1.69. The average molecular weight is 325 g/mol. The van der Waals surface area contributed by atoms with Crippen molar-refractivity contribution in [2.75, 3.05) is 13.2 Å². The summed E-state index contributed by atoms with van der Waals surface area (Å²) in [5.74, 6) is 0. The Morgan fingerprint density at radius 3 is 2.62 bits per heavy atom. The standard InChI is InChI=1S/C15H19NO3S2/c1-13(14-7-3-2-4-8-14)19-11-6-10-16-21(17,18)15-9-5-12-20-15/h2-5,7-9,12-13,16H,6,10-11H2,1H3. The van der Waals surface area contributed by atoms with E-state index in [1.54, 1.807) is 17.5 Å². The molecule has 114 valence electrons. The SMILES string of the molecule is CC(OCCCNS(=O)(=O)c1cccs1)c1ccccc1. The summed E-state index contributed by atoms with van der Waals surface area (Å²) in [7, 11) is -3.36. The summed E-state index contributed by atoms with van der Waals surface area (Å²) in [4.78, 5) is 0. The predicted octanol–water partition coefficient (Wildman–Crippen LogP) is 3.19. The molecule has 0 aliphatic rings. The third kappa shape index (κ3) is 4.93. The highest BCUT2D eigenvalue weighted by molar-refractivity contribution is 7.91. The summed E-state index contributed by atoms with van der Waals surface area (Å²) in [6.45, 7) is 2.88. The van der Waals surface area contributed by atoms with Crippen LogP contribution in [0.1, 0.15) is 25.0 Å². The fourth-order valence-corrected chi connectivity index (χ4v) is 3.96. The van der Waals surface area contributed by atoms with Gasteiger partial charge in [-0.25, -0.2) is 13.1 Å². The zero-order valence-electron chi connectivity index (χ0n) is 11.9. The van der Waals surface area contributed by atoms with E-state index in [0.29, 0.717) is 23.8 Å².